The van der Waals surface area contributed by atoms with E-state index in [1.165, 1.54) is 6.07 Å². The van der Waals surface area contributed by atoms with Crippen molar-refractivity contribution in [2.75, 3.05) is 51.3 Å². The number of hydrogen-bond donors (Lipinski definition) is 2. The third-order valence-corrected chi connectivity index (χ3v) is 4.49. The Kier molecular flexibility index (Phi) is 7.12. The van der Waals surface area contributed by atoms with E-state index in [4.69, 9.17) is 4.74 Å². The Labute approximate surface area is 158 Å². The average Bonchev–Trinajstić information content (AvgIpc) is 2.70. The first kappa shape index (κ1) is 19.3. The number of rotatable bonds is 8. The summed E-state index contributed by atoms with van der Waals surface area (Å²) in [5.41, 5.74) is 1.79. The minimum absolute atomic E-state index is 0.253. The quantitative estimate of drug-likeness (QED) is 0.741. The molecule has 0 radical (unpaired) electrons. The Morgan fingerprint density at radius 1 is 1.19 bits per heavy atom. The van der Waals surface area contributed by atoms with Crippen LogP contribution in [0, 0.1) is 5.82 Å². The number of halogens is 1. The van der Waals surface area contributed by atoms with Gasteiger partial charge in [0.05, 0.1) is 13.2 Å². The lowest BCUT2D eigenvalue weighted by Gasteiger charge is -2.26. The summed E-state index contributed by atoms with van der Waals surface area (Å²) in [6.07, 6.45) is 2.05. The topological polar surface area (TPSA) is 66.5 Å². The number of morpholine rings is 1. The van der Waals surface area contributed by atoms with Gasteiger partial charge in [0.15, 0.2) is 0 Å². The number of nitrogens with one attached hydrogen (secondary N) is 2. The van der Waals surface area contributed by atoms with Gasteiger partial charge in [-0.2, -0.15) is 0 Å². The Balaban J connectivity index is 1.44. The van der Waals surface area contributed by atoms with E-state index in [0.717, 1.165) is 45.1 Å². The van der Waals surface area contributed by atoms with E-state index in [-0.39, 0.29) is 11.7 Å². The van der Waals surface area contributed by atoms with E-state index in [0.29, 0.717) is 24.2 Å². The molecule has 0 atom stereocenters. The molecular formula is C20H25FN4O2. The fraction of sp³-hybridized carbons (Fsp3) is 0.400. The number of benzene rings is 1. The highest BCUT2D eigenvalue weighted by atomic mass is 19.1. The highest BCUT2D eigenvalue weighted by Gasteiger charge is 2.11. The van der Waals surface area contributed by atoms with Gasteiger partial charge in [-0.1, -0.05) is 18.2 Å². The first-order valence-corrected chi connectivity index (χ1v) is 9.24. The third kappa shape index (κ3) is 6.01. The van der Waals surface area contributed by atoms with Crippen LogP contribution in [0.4, 0.5) is 10.1 Å². The number of amides is 1. The number of nitrogens with zero attached hydrogens (tertiary/aromatic N) is 2. The van der Waals surface area contributed by atoms with Gasteiger partial charge in [0.2, 0.25) is 0 Å². The van der Waals surface area contributed by atoms with Crippen LogP contribution >= 0.6 is 0 Å². The molecule has 27 heavy (non-hydrogen) atoms. The molecule has 2 heterocycles. The lowest BCUT2D eigenvalue weighted by atomic mass is 10.1. The van der Waals surface area contributed by atoms with Gasteiger partial charge in [-0.05, 0) is 30.2 Å². The van der Waals surface area contributed by atoms with Gasteiger partial charge in [-0.3, -0.25) is 14.7 Å². The number of ether oxygens (including phenoxy) is 1. The zero-order valence-electron chi connectivity index (χ0n) is 15.3. The Hall–Kier alpha value is -2.51. The number of carbonyl (C=O) groups excluding carboxylic acids is 1. The average molecular weight is 372 g/mol. The predicted octanol–water partition coefficient (Wildman–Crippen LogP) is 1.94. The normalized spacial score (nSPS) is 14.7. The van der Waals surface area contributed by atoms with Crippen molar-refractivity contribution in [3.63, 3.8) is 0 Å². The van der Waals surface area contributed by atoms with Crippen LogP contribution in [0.15, 0.2) is 42.6 Å². The van der Waals surface area contributed by atoms with Crippen molar-refractivity contribution in [2.24, 2.45) is 0 Å². The van der Waals surface area contributed by atoms with Crippen molar-refractivity contribution in [2.45, 2.75) is 6.42 Å². The summed E-state index contributed by atoms with van der Waals surface area (Å²) in [5, 5.41) is 6.12. The van der Waals surface area contributed by atoms with Gasteiger partial charge in [-0.25, -0.2) is 4.39 Å². The second-order valence-electron chi connectivity index (χ2n) is 6.41. The lowest BCUT2D eigenvalue weighted by Crippen LogP contribution is -2.39. The molecule has 144 valence electrons. The van der Waals surface area contributed by atoms with Gasteiger partial charge in [0.25, 0.3) is 5.91 Å². The zero-order chi connectivity index (χ0) is 18.9. The molecule has 1 aromatic carbocycles. The first-order valence-electron chi connectivity index (χ1n) is 9.24. The van der Waals surface area contributed by atoms with Crippen molar-refractivity contribution in [1.29, 1.82) is 0 Å². The maximum absolute atomic E-state index is 13.6. The van der Waals surface area contributed by atoms with Gasteiger partial charge in [-0.15, -0.1) is 0 Å². The number of hydrogen-bond acceptors (Lipinski definition) is 5. The summed E-state index contributed by atoms with van der Waals surface area (Å²) in [6.45, 7) is 5.55. The summed E-state index contributed by atoms with van der Waals surface area (Å²) < 4.78 is 18.9. The summed E-state index contributed by atoms with van der Waals surface area (Å²) in [4.78, 5) is 18.7. The molecule has 1 aliphatic heterocycles. The molecule has 3 rings (SSSR count). The molecule has 1 fully saturated rings. The van der Waals surface area contributed by atoms with Crippen molar-refractivity contribution in [1.82, 2.24) is 15.2 Å². The van der Waals surface area contributed by atoms with Crippen LogP contribution in [0.25, 0.3) is 0 Å². The molecular weight excluding hydrogens is 347 g/mol. The Bertz CT molecular complexity index is 750. The summed E-state index contributed by atoms with van der Waals surface area (Å²) >= 11 is 0. The Morgan fingerprint density at radius 2 is 2.00 bits per heavy atom. The number of carbonyl (C=O) groups is 1. The van der Waals surface area contributed by atoms with Crippen LogP contribution in [-0.4, -0.2) is 61.7 Å². The summed E-state index contributed by atoms with van der Waals surface area (Å²) in [7, 11) is 0. The highest BCUT2D eigenvalue weighted by molar-refractivity contribution is 5.93. The van der Waals surface area contributed by atoms with E-state index >= 15 is 0 Å². The zero-order valence-corrected chi connectivity index (χ0v) is 15.3. The maximum atomic E-state index is 13.6. The largest absolute Gasteiger partial charge is 0.384 e. The van der Waals surface area contributed by atoms with Gasteiger partial charge < -0.3 is 15.4 Å². The van der Waals surface area contributed by atoms with Gasteiger partial charge in [0, 0.05) is 44.6 Å². The van der Waals surface area contributed by atoms with Gasteiger partial charge in [0.1, 0.15) is 11.5 Å². The second-order valence-corrected chi connectivity index (χ2v) is 6.41. The first-order chi connectivity index (χ1) is 13.2. The van der Waals surface area contributed by atoms with E-state index < -0.39 is 0 Å². The minimum atomic E-state index is -0.261. The van der Waals surface area contributed by atoms with Crippen LogP contribution < -0.4 is 10.6 Å². The molecule has 7 heteroatoms. The molecule has 0 saturated carbocycles. The number of anilines is 1. The van der Waals surface area contributed by atoms with Crippen LogP contribution in [0.5, 0.6) is 0 Å². The molecule has 0 aliphatic carbocycles. The molecule has 0 bridgehead atoms. The van der Waals surface area contributed by atoms with Crippen molar-refractivity contribution >= 4 is 11.6 Å². The molecule has 0 spiro atoms. The fourth-order valence-corrected chi connectivity index (χ4v) is 2.95. The Morgan fingerprint density at radius 3 is 2.81 bits per heavy atom. The lowest BCUT2D eigenvalue weighted by molar-refractivity contribution is 0.0398. The van der Waals surface area contributed by atoms with Crippen LogP contribution in [0.3, 0.4) is 0 Å². The van der Waals surface area contributed by atoms with Crippen molar-refractivity contribution in [3.8, 4) is 0 Å². The summed E-state index contributed by atoms with van der Waals surface area (Å²) in [5.74, 6) is -0.514. The van der Waals surface area contributed by atoms with Crippen LogP contribution in [-0.2, 0) is 11.2 Å². The second kappa shape index (κ2) is 9.99. The molecule has 1 aromatic heterocycles. The maximum Gasteiger partial charge on any atom is 0.269 e. The van der Waals surface area contributed by atoms with E-state index in [1.54, 1.807) is 30.5 Å². The van der Waals surface area contributed by atoms with E-state index in [9.17, 15) is 9.18 Å². The minimum Gasteiger partial charge on any atom is -0.384 e. The molecule has 2 N–H and O–H groups in total. The molecule has 1 aliphatic rings. The van der Waals surface area contributed by atoms with Crippen molar-refractivity contribution in [3.05, 3.63) is 59.7 Å². The van der Waals surface area contributed by atoms with Gasteiger partial charge >= 0.3 is 0 Å². The third-order valence-electron chi connectivity index (χ3n) is 4.49. The SMILES string of the molecule is O=C(NCCc1ccccc1F)c1cc(NCCN2CCOCC2)ccn1. The van der Waals surface area contributed by atoms with Crippen LogP contribution in [0.2, 0.25) is 0 Å². The molecule has 6 nitrogen and oxygen atoms in total. The highest BCUT2D eigenvalue weighted by Crippen LogP contribution is 2.09. The smallest absolute Gasteiger partial charge is 0.269 e. The fourth-order valence-electron chi connectivity index (χ4n) is 2.95. The van der Waals surface area contributed by atoms with Crippen LogP contribution in [0.1, 0.15) is 16.1 Å². The number of pyridine rings is 1. The molecule has 1 saturated heterocycles. The number of aromatic nitrogens is 1. The molecule has 2 aromatic rings. The monoisotopic (exact) mass is 372 g/mol. The molecule has 0 unspecified atom stereocenters. The van der Waals surface area contributed by atoms with E-state index in [2.05, 4.69) is 20.5 Å². The van der Waals surface area contributed by atoms with E-state index in [1.807, 2.05) is 6.07 Å². The van der Waals surface area contributed by atoms with Crippen molar-refractivity contribution < 1.29 is 13.9 Å². The summed E-state index contributed by atoms with van der Waals surface area (Å²) in [6, 6.07) is 10.2. The standard InChI is InChI=1S/C20H25FN4O2/c21-18-4-2-1-3-16(18)5-7-24-20(26)19-15-17(6-8-23-19)22-9-10-25-11-13-27-14-12-25/h1-4,6,8,15H,5,7,9-14H2,(H,22,23)(H,24,26). The molecule has 1 amide bonds. The predicted molar refractivity (Wildman–Crippen MR) is 102 cm³/mol.